The van der Waals surface area contributed by atoms with Crippen molar-refractivity contribution in [1.82, 2.24) is 4.90 Å². The Morgan fingerprint density at radius 2 is 1.77 bits per heavy atom. The summed E-state index contributed by atoms with van der Waals surface area (Å²) >= 11 is 1.11. The Balaban J connectivity index is 3.34. The molecule has 1 aromatic rings. The van der Waals surface area contributed by atoms with E-state index in [4.69, 9.17) is 4.74 Å². The molecular weight excluding hydrogens is 304 g/mol. The van der Waals surface area contributed by atoms with Crippen LogP contribution >= 0.6 is 11.3 Å². The van der Waals surface area contributed by atoms with Crippen molar-refractivity contribution in [3.05, 3.63) is 16.0 Å². The smallest absolute Gasteiger partial charge is 0.341 e. The molecule has 0 unspecified atom stereocenters. The number of hydrogen-bond acceptors (Lipinski definition) is 5. The molecule has 0 fully saturated rings. The second-order valence-electron chi connectivity index (χ2n) is 4.64. The first-order chi connectivity index (χ1) is 10.4. The number of nitrogens with zero attached hydrogens (tertiary/aromatic N) is 1. The van der Waals surface area contributed by atoms with Gasteiger partial charge in [-0.25, -0.2) is 4.79 Å². The Morgan fingerprint density at radius 3 is 2.23 bits per heavy atom. The van der Waals surface area contributed by atoms with E-state index in [9.17, 15) is 14.4 Å². The van der Waals surface area contributed by atoms with Gasteiger partial charge >= 0.3 is 5.97 Å². The number of ether oxygens (including phenoxy) is 1. The average Bonchev–Trinajstić information content (AvgIpc) is 2.76. The summed E-state index contributed by atoms with van der Waals surface area (Å²) in [5.74, 6) is -0.970. The number of amides is 2. The molecule has 0 spiro atoms. The van der Waals surface area contributed by atoms with Gasteiger partial charge in [-0.3, -0.25) is 9.59 Å². The molecular formula is C15H22N2O4S. The molecule has 1 N–H and O–H groups in total. The zero-order valence-corrected chi connectivity index (χ0v) is 14.4. The minimum atomic E-state index is -0.529. The van der Waals surface area contributed by atoms with Gasteiger partial charge in [0.2, 0.25) is 5.91 Å². The molecule has 0 aliphatic heterocycles. The average molecular weight is 326 g/mol. The number of carbonyl (C=O) groups is 3. The standard InChI is InChI=1S/C15H22N2O4S/c1-6-17(7-2)14(19)12-9(4)11(15(20)21-8-3)13(22-12)16-10(5)18/h6-8H2,1-5H3,(H,16,18). The minimum Gasteiger partial charge on any atom is -0.462 e. The van der Waals surface area contributed by atoms with E-state index >= 15 is 0 Å². The summed E-state index contributed by atoms with van der Waals surface area (Å²) in [7, 11) is 0. The summed E-state index contributed by atoms with van der Waals surface area (Å²) in [5, 5.41) is 2.97. The van der Waals surface area contributed by atoms with E-state index in [1.165, 1.54) is 6.92 Å². The second kappa shape index (κ2) is 7.93. The van der Waals surface area contributed by atoms with Gasteiger partial charge in [0.25, 0.3) is 5.91 Å². The molecule has 6 nitrogen and oxygen atoms in total. The number of anilines is 1. The number of carbonyl (C=O) groups excluding carboxylic acids is 3. The van der Waals surface area contributed by atoms with Crippen molar-refractivity contribution < 1.29 is 19.1 Å². The molecule has 22 heavy (non-hydrogen) atoms. The summed E-state index contributed by atoms with van der Waals surface area (Å²) in [4.78, 5) is 38.1. The maximum atomic E-state index is 12.5. The topological polar surface area (TPSA) is 75.7 Å². The summed E-state index contributed by atoms with van der Waals surface area (Å²) < 4.78 is 5.03. The summed E-state index contributed by atoms with van der Waals surface area (Å²) in [5.41, 5.74) is 0.807. The zero-order valence-electron chi connectivity index (χ0n) is 13.6. The third-order valence-corrected chi connectivity index (χ3v) is 4.36. The highest BCUT2D eigenvalue weighted by Crippen LogP contribution is 2.34. The lowest BCUT2D eigenvalue weighted by Crippen LogP contribution is -2.30. The first-order valence-corrected chi connectivity index (χ1v) is 8.06. The van der Waals surface area contributed by atoms with Gasteiger partial charge in [0.15, 0.2) is 0 Å². The molecule has 0 saturated heterocycles. The van der Waals surface area contributed by atoms with Gasteiger partial charge in [0.1, 0.15) is 5.00 Å². The largest absolute Gasteiger partial charge is 0.462 e. The summed E-state index contributed by atoms with van der Waals surface area (Å²) in [6.45, 7) is 9.94. The van der Waals surface area contributed by atoms with Gasteiger partial charge < -0.3 is 15.0 Å². The predicted octanol–water partition coefficient (Wildman–Crippen LogP) is 2.67. The van der Waals surface area contributed by atoms with Crippen molar-refractivity contribution in [1.29, 1.82) is 0 Å². The molecule has 0 aliphatic carbocycles. The van der Waals surface area contributed by atoms with Crippen LogP contribution in [0, 0.1) is 6.92 Å². The Hall–Kier alpha value is -1.89. The van der Waals surface area contributed by atoms with Gasteiger partial charge in [-0.05, 0) is 33.3 Å². The number of nitrogens with one attached hydrogen (secondary N) is 1. The lowest BCUT2D eigenvalue weighted by Gasteiger charge is -2.18. The van der Waals surface area contributed by atoms with Gasteiger partial charge in [-0.15, -0.1) is 11.3 Å². The molecule has 1 rings (SSSR count). The third kappa shape index (κ3) is 3.85. The zero-order chi connectivity index (χ0) is 16.9. The van der Waals surface area contributed by atoms with Crippen LogP contribution in [0.15, 0.2) is 0 Å². The molecule has 0 saturated carbocycles. The van der Waals surface area contributed by atoms with E-state index < -0.39 is 5.97 Å². The highest BCUT2D eigenvalue weighted by Gasteiger charge is 2.27. The quantitative estimate of drug-likeness (QED) is 0.816. The first-order valence-electron chi connectivity index (χ1n) is 7.24. The second-order valence-corrected chi connectivity index (χ2v) is 5.66. The van der Waals surface area contributed by atoms with Crippen LogP contribution < -0.4 is 5.32 Å². The highest BCUT2D eigenvalue weighted by atomic mass is 32.1. The molecule has 1 aromatic heterocycles. The monoisotopic (exact) mass is 326 g/mol. The molecule has 0 aromatic carbocycles. The Labute approximate surface area is 134 Å². The van der Waals surface area contributed by atoms with Crippen molar-refractivity contribution in [3.8, 4) is 0 Å². The van der Waals surface area contributed by atoms with E-state index in [1.54, 1.807) is 18.7 Å². The molecule has 0 radical (unpaired) electrons. The summed E-state index contributed by atoms with van der Waals surface area (Å²) in [6, 6.07) is 0. The van der Waals surface area contributed by atoms with Crippen molar-refractivity contribution in [2.45, 2.75) is 34.6 Å². The summed E-state index contributed by atoms with van der Waals surface area (Å²) in [6.07, 6.45) is 0. The Kier molecular flexibility index (Phi) is 6.55. The van der Waals surface area contributed by atoms with Crippen molar-refractivity contribution >= 4 is 34.1 Å². The molecule has 0 atom stereocenters. The normalized spacial score (nSPS) is 10.2. The van der Waals surface area contributed by atoms with Gasteiger partial charge in [0, 0.05) is 20.0 Å². The fourth-order valence-corrected chi connectivity index (χ4v) is 3.28. The van der Waals surface area contributed by atoms with Crippen LogP contribution in [0.2, 0.25) is 0 Å². The fraction of sp³-hybridized carbons (Fsp3) is 0.533. The van der Waals surface area contributed by atoms with Crippen molar-refractivity contribution in [3.63, 3.8) is 0 Å². The molecule has 122 valence electrons. The number of hydrogen-bond donors (Lipinski definition) is 1. The Bertz CT molecular complexity index is 576. The first kappa shape index (κ1) is 18.2. The Morgan fingerprint density at radius 1 is 1.18 bits per heavy atom. The number of esters is 1. The van der Waals surface area contributed by atoms with E-state index in [1.807, 2.05) is 13.8 Å². The van der Waals surface area contributed by atoms with E-state index in [0.717, 1.165) is 11.3 Å². The van der Waals surface area contributed by atoms with E-state index in [0.29, 0.717) is 28.5 Å². The van der Waals surface area contributed by atoms with Crippen LogP contribution in [0.4, 0.5) is 5.00 Å². The molecule has 0 aliphatic rings. The minimum absolute atomic E-state index is 0.144. The maximum absolute atomic E-state index is 12.5. The SMILES string of the molecule is CCOC(=O)c1c(NC(C)=O)sc(C(=O)N(CC)CC)c1C. The van der Waals surface area contributed by atoms with E-state index in [-0.39, 0.29) is 24.0 Å². The van der Waals surface area contributed by atoms with Crippen LogP contribution in [0.1, 0.15) is 53.3 Å². The molecule has 1 heterocycles. The lowest BCUT2D eigenvalue weighted by atomic mass is 10.1. The lowest BCUT2D eigenvalue weighted by molar-refractivity contribution is -0.114. The van der Waals surface area contributed by atoms with Crippen LogP contribution in [-0.4, -0.2) is 42.4 Å². The molecule has 0 bridgehead atoms. The van der Waals surface area contributed by atoms with Crippen LogP contribution in [0.3, 0.4) is 0 Å². The van der Waals surface area contributed by atoms with Gasteiger partial charge in [-0.2, -0.15) is 0 Å². The molecule has 2 amide bonds. The molecule has 7 heteroatoms. The van der Waals surface area contributed by atoms with Gasteiger partial charge in [-0.1, -0.05) is 0 Å². The van der Waals surface area contributed by atoms with Crippen molar-refractivity contribution in [2.24, 2.45) is 0 Å². The third-order valence-electron chi connectivity index (χ3n) is 3.16. The van der Waals surface area contributed by atoms with Gasteiger partial charge in [0.05, 0.1) is 17.0 Å². The maximum Gasteiger partial charge on any atom is 0.341 e. The van der Waals surface area contributed by atoms with Crippen LogP contribution in [0.5, 0.6) is 0 Å². The fourth-order valence-electron chi connectivity index (χ4n) is 2.07. The highest BCUT2D eigenvalue weighted by molar-refractivity contribution is 7.18. The van der Waals surface area contributed by atoms with Crippen molar-refractivity contribution in [2.75, 3.05) is 25.0 Å². The number of rotatable bonds is 6. The van der Waals surface area contributed by atoms with E-state index in [2.05, 4.69) is 5.32 Å². The van der Waals surface area contributed by atoms with Crippen LogP contribution in [0.25, 0.3) is 0 Å². The predicted molar refractivity (Wildman–Crippen MR) is 86.6 cm³/mol. The number of thiophene rings is 1. The van der Waals surface area contributed by atoms with Crippen LogP contribution in [-0.2, 0) is 9.53 Å².